The molecule has 3 heteroatoms. The van der Waals surface area contributed by atoms with Gasteiger partial charge in [-0.15, -0.1) is 0 Å². The second-order valence-corrected chi connectivity index (χ2v) is 2.95. The average Bonchev–Trinajstić information content (AvgIpc) is 2.13. The molecule has 0 saturated carbocycles. The Hall–Kier alpha value is -0.570. The Morgan fingerprint density at radius 1 is 1.64 bits per heavy atom. The van der Waals surface area contributed by atoms with Crippen LogP contribution in [0.3, 0.4) is 0 Å². The number of nitrogens with zero attached hydrogens (tertiary/aromatic N) is 1. The lowest BCUT2D eigenvalue weighted by Gasteiger charge is -2.10. The van der Waals surface area contributed by atoms with Crippen LogP contribution in [0.15, 0.2) is 0 Å². The van der Waals surface area contributed by atoms with E-state index < -0.39 is 0 Å². The van der Waals surface area contributed by atoms with Gasteiger partial charge in [-0.25, -0.2) is 0 Å². The fourth-order valence-corrected chi connectivity index (χ4v) is 1.34. The zero-order valence-corrected chi connectivity index (χ0v) is 6.55. The molecule has 1 atom stereocenters. The highest BCUT2D eigenvalue weighted by molar-refractivity contribution is 5.73. The summed E-state index contributed by atoms with van der Waals surface area (Å²) in [5, 5.41) is 2.89. The highest BCUT2D eigenvalue weighted by atomic mass is 16.1. The standard InChI is InChI=1S/C7H14N2O.CH4/c1-6(10)8-7-3-4-9(2)5-7;/h7H,3-5H2,1-2H3,(H,8,10);1H4/t7-;/m0./s1. The lowest BCUT2D eigenvalue weighted by Crippen LogP contribution is -2.34. The van der Waals surface area contributed by atoms with Crippen molar-refractivity contribution >= 4 is 5.91 Å². The molecule has 3 nitrogen and oxygen atoms in total. The fourth-order valence-electron chi connectivity index (χ4n) is 1.34. The second kappa shape index (κ2) is 4.34. The molecule has 0 aliphatic carbocycles. The lowest BCUT2D eigenvalue weighted by atomic mass is 10.3. The van der Waals surface area contributed by atoms with E-state index in [0.717, 1.165) is 19.5 Å². The number of rotatable bonds is 1. The Morgan fingerprint density at radius 3 is 2.64 bits per heavy atom. The number of carbonyl (C=O) groups excluding carboxylic acids is 1. The van der Waals surface area contributed by atoms with Gasteiger partial charge in [-0.2, -0.15) is 0 Å². The molecule has 0 aromatic carbocycles. The Labute approximate surface area is 68.8 Å². The molecule has 0 aromatic heterocycles. The summed E-state index contributed by atoms with van der Waals surface area (Å²) in [5.41, 5.74) is 0. The molecule has 1 fully saturated rings. The minimum Gasteiger partial charge on any atom is -0.352 e. The van der Waals surface area contributed by atoms with Crippen LogP contribution < -0.4 is 5.32 Å². The van der Waals surface area contributed by atoms with E-state index in [2.05, 4.69) is 17.3 Å². The smallest absolute Gasteiger partial charge is 0.217 e. The monoisotopic (exact) mass is 158 g/mol. The molecule has 0 spiro atoms. The summed E-state index contributed by atoms with van der Waals surface area (Å²) in [5.74, 6) is 0.0836. The zero-order chi connectivity index (χ0) is 7.56. The number of likely N-dealkylation sites (tertiary alicyclic amines) is 1. The van der Waals surface area contributed by atoms with Crippen LogP contribution in [0, 0.1) is 0 Å². The topological polar surface area (TPSA) is 32.3 Å². The minimum absolute atomic E-state index is 0. The maximum absolute atomic E-state index is 10.6. The molecule has 1 aliphatic heterocycles. The van der Waals surface area contributed by atoms with Crippen molar-refractivity contribution in [1.82, 2.24) is 10.2 Å². The Balaban J connectivity index is 0.000001000. The molecule has 66 valence electrons. The zero-order valence-electron chi connectivity index (χ0n) is 6.55. The van der Waals surface area contributed by atoms with Crippen LogP contribution in [0.1, 0.15) is 20.8 Å². The van der Waals surface area contributed by atoms with Crippen molar-refractivity contribution in [3.8, 4) is 0 Å². The predicted octanol–water partition coefficient (Wildman–Crippen LogP) is 0.463. The number of carbonyl (C=O) groups is 1. The van der Waals surface area contributed by atoms with Gasteiger partial charge in [0.25, 0.3) is 0 Å². The van der Waals surface area contributed by atoms with Gasteiger partial charge in [0, 0.05) is 19.5 Å². The maximum atomic E-state index is 10.6. The number of hydrogen-bond donors (Lipinski definition) is 1. The summed E-state index contributed by atoms with van der Waals surface area (Å²) < 4.78 is 0. The first-order valence-corrected chi connectivity index (χ1v) is 3.64. The number of hydrogen-bond acceptors (Lipinski definition) is 2. The normalized spacial score (nSPS) is 24.4. The third kappa shape index (κ3) is 3.37. The molecule has 0 bridgehead atoms. The molecule has 1 aliphatic rings. The van der Waals surface area contributed by atoms with Gasteiger partial charge in [-0.3, -0.25) is 4.79 Å². The molecular weight excluding hydrogens is 140 g/mol. The van der Waals surface area contributed by atoms with Gasteiger partial charge in [0.05, 0.1) is 0 Å². The molecule has 1 rings (SSSR count). The first kappa shape index (κ1) is 10.4. The van der Waals surface area contributed by atoms with E-state index in [1.807, 2.05) is 0 Å². The Bertz CT molecular complexity index is 136. The van der Waals surface area contributed by atoms with Crippen LogP contribution in [-0.4, -0.2) is 37.0 Å². The summed E-state index contributed by atoms with van der Waals surface area (Å²) >= 11 is 0. The second-order valence-electron chi connectivity index (χ2n) is 2.95. The van der Waals surface area contributed by atoms with Gasteiger partial charge in [-0.1, -0.05) is 7.43 Å². The largest absolute Gasteiger partial charge is 0.352 e. The molecule has 0 radical (unpaired) electrons. The lowest BCUT2D eigenvalue weighted by molar-refractivity contribution is -0.119. The van der Waals surface area contributed by atoms with Crippen LogP contribution in [0.4, 0.5) is 0 Å². The predicted molar refractivity (Wildman–Crippen MR) is 46.4 cm³/mol. The van der Waals surface area contributed by atoms with Crippen LogP contribution in [-0.2, 0) is 4.79 Å². The van der Waals surface area contributed by atoms with Crippen molar-refractivity contribution in [1.29, 1.82) is 0 Å². The number of nitrogens with one attached hydrogen (secondary N) is 1. The molecule has 0 unspecified atom stereocenters. The summed E-state index contributed by atoms with van der Waals surface area (Å²) in [4.78, 5) is 12.8. The van der Waals surface area contributed by atoms with Crippen molar-refractivity contribution in [2.75, 3.05) is 20.1 Å². The van der Waals surface area contributed by atoms with Gasteiger partial charge in [0.1, 0.15) is 0 Å². The Kier molecular flexibility index (Phi) is 4.11. The van der Waals surface area contributed by atoms with Gasteiger partial charge in [-0.05, 0) is 20.0 Å². The molecule has 0 aromatic rings. The fraction of sp³-hybridized carbons (Fsp3) is 0.875. The highest BCUT2D eigenvalue weighted by Crippen LogP contribution is 2.05. The quantitative estimate of drug-likeness (QED) is 0.601. The SMILES string of the molecule is C.CC(=O)N[C@H]1CCN(C)C1. The summed E-state index contributed by atoms with van der Waals surface area (Å²) in [6.45, 7) is 3.67. The molecule has 1 amide bonds. The van der Waals surface area contributed by atoms with E-state index in [4.69, 9.17) is 0 Å². The average molecular weight is 158 g/mol. The summed E-state index contributed by atoms with van der Waals surface area (Å²) in [6, 6.07) is 0.391. The number of amides is 1. The molecule has 11 heavy (non-hydrogen) atoms. The molecule has 1 heterocycles. The van der Waals surface area contributed by atoms with Gasteiger partial charge >= 0.3 is 0 Å². The first-order chi connectivity index (χ1) is 4.68. The van der Waals surface area contributed by atoms with E-state index in [1.54, 1.807) is 6.92 Å². The molecule has 1 N–H and O–H groups in total. The van der Waals surface area contributed by atoms with E-state index >= 15 is 0 Å². The van der Waals surface area contributed by atoms with Crippen LogP contribution in [0.2, 0.25) is 0 Å². The van der Waals surface area contributed by atoms with E-state index in [0.29, 0.717) is 6.04 Å². The summed E-state index contributed by atoms with van der Waals surface area (Å²) in [7, 11) is 2.07. The van der Waals surface area contributed by atoms with E-state index in [1.165, 1.54) is 0 Å². The maximum Gasteiger partial charge on any atom is 0.217 e. The van der Waals surface area contributed by atoms with Crippen molar-refractivity contribution in [2.24, 2.45) is 0 Å². The van der Waals surface area contributed by atoms with Crippen molar-refractivity contribution in [2.45, 2.75) is 26.8 Å². The van der Waals surface area contributed by atoms with Gasteiger partial charge in [0.2, 0.25) is 5.91 Å². The first-order valence-electron chi connectivity index (χ1n) is 3.64. The number of likely N-dealkylation sites (N-methyl/N-ethyl adjacent to an activating group) is 1. The third-order valence-electron chi connectivity index (χ3n) is 1.80. The molecule has 1 saturated heterocycles. The third-order valence-corrected chi connectivity index (χ3v) is 1.80. The van der Waals surface area contributed by atoms with Gasteiger partial charge in [0.15, 0.2) is 0 Å². The van der Waals surface area contributed by atoms with Crippen molar-refractivity contribution in [3.05, 3.63) is 0 Å². The summed E-state index contributed by atoms with van der Waals surface area (Å²) in [6.07, 6.45) is 1.09. The van der Waals surface area contributed by atoms with E-state index in [9.17, 15) is 4.79 Å². The van der Waals surface area contributed by atoms with E-state index in [-0.39, 0.29) is 13.3 Å². The van der Waals surface area contributed by atoms with Crippen LogP contribution in [0.25, 0.3) is 0 Å². The Morgan fingerprint density at radius 2 is 2.27 bits per heavy atom. The van der Waals surface area contributed by atoms with Crippen molar-refractivity contribution in [3.63, 3.8) is 0 Å². The van der Waals surface area contributed by atoms with Crippen LogP contribution in [0.5, 0.6) is 0 Å². The van der Waals surface area contributed by atoms with Crippen LogP contribution >= 0.6 is 0 Å². The molecular formula is C8H18N2O. The van der Waals surface area contributed by atoms with Gasteiger partial charge < -0.3 is 10.2 Å². The highest BCUT2D eigenvalue weighted by Gasteiger charge is 2.19. The minimum atomic E-state index is 0. The van der Waals surface area contributed by atoms with Crippen molar-refractivity contribution < 1.29 is 4.79 Å².